The Morgan fingerprint density at radius 3 is 1.75 bits per heavy atom. The highest BCUT2D eigenvalue weighted by molar-refractivity contribution is 5.18. The van der Waals surface area contributed by atoms with Gasteiger partial charge in [-0.15, -0.1) is 0 Å². The van der Waals surface area contributed by atoms with Gasteiger partial charge in [0.1, 0.15) is 22.9 Å². The van der Waals surface area contributed by atoms with Gasteiger partial charge in [-0.1, -0.05) is 0 Å². The molecule has 0 aromatic heterocycles. The van der Waals surface area contributed by atoms with Crippen molar-refractivity contribution < 1.29 is 25.2 Å². The summed E-state index contributed by atoms with van der Waals surface area (Å²) in [6.45, 7) is 6.90. The molecule has 1 aliphatic heterocycles. The van der Waals surface area contributed by atoms with Crippen molar-refractivity contribution in [2.45, 2.75) is 63.1 Å². The zero-order chi connectivity index (χ0) is 13.0. The summed E-state index contributed by atoms with van der Waals surface area (Å²) >= 11 is 0. The normalized spacial score (nSPS) is 52.7. The molecular formula is C11H22O5. The van der Waals surface area contributed by atoms with Crippen LogP contribution in [0.15, 0.2) is 0 Å². The summed E-state index contributed by atoms with van der Waals surface area (Å²) in [5, 5.41) is 40.2. The van der Waals surface area contributed by atoms with Gasteiger partial charge in [0, 0.05) is 0 Å². The van der Waals surface area contributed by atoms with Crippen LogP contribution in [0, 0.1) is 0 Å². The van der Waals surface area contributed by atoms with Crippen molar-refractivity contribution in [2.24, 2.45) is 0 Å². The molecule has 1 saturated heterocycles. The number of ether oxygens (including phenoxy) is 1. The molecule has 0 bridgehead atoms. The average Bonchev–Trinajstić information content (AvgIpc) is 2.11. The lowest BCUT2D eigenvalue weighted by atomic mass is 9.62. The Labute approximate surface area is 95.7 Å². The van der Waals surface area contributed by atoms with E-state index in [1.54, 1.807) is 13.8 Å². The minimum absolute atomic E-state index is 0.428. The van der Waals surface area contributed by atoms with E-state index in [2.05, 4.69) is 0 Å². The Kier molecular flexibility index (Phi) is 2.94. The van der Waals surface area contributed by atoms with Crippen molar-refractivity contribution in [3.63, 3.8) is 0 Å². The van der Waals surface area contributed by atoms with Gasteiger partial charge < -0.3 is 25.2 Å². The van der Waals surface area contributed by atoms with E-state index in [0.29, 0.717) is 0 Å². The Bertz CT molecular complexity index is 280. The SMILES string of the molecule is CC1(C)OC(CO)C(C)(O)C(C)(O)C1(C)O. The van der Waals surface area contributed by atoms with E-state index in [-0.39, 0.29) is 0 Å². The second kappa shape index (κ2) is 3.40. The van der Waals surface area contributed by atoms with Crippen LogP contribution in [0.4, 0.5) is 0 Å². The summed E-state index contributed by atoms with van der Waals surface area (Å²) in [6, 6.07) is 0. The van der Waals surface area contributed by atoms with E-state index in [1.807, 2.05) is 0 Å². The minimum atomic E-state index is -1.80. The van der Waals surface area contributed by atoms with Crippen LogP contribution in [0.25, 0.3) is 0 Å². The molecule has 0 radical (unpaired) electrons. The maximum atomic E-state index is 10.4. The van der Waals surface area contributed by atoms with Gasteiger partial charge in [-0.25, -0.2) is 0 Å². The fraction of sp³-hybridized carbons (Fsp3) is 1.00. The molecular weight excluding hydrogens is 212 g/mol. The summed E-state index contributed by atoms with van der Waals surface area (Å²) in [6.07, 6.45) is -0.947. The molecule has 4 unspecified atom stereocenters. The van der Waals surface area contributed by atoms with E-state index in [9.17, 15) is 20.4 Å². The molecule has 96 valence electrons. The lowest BCUT2D eigenvalue weighted by molar-refractivity contribution is -0.368. The molecule has 5 nitrogen and oxygen atoms in total. The van der Waals surface area contributed by atoms with Crippen LogP contribution in [0.2, 0.25) is 0 Å². The zero-order valence-electron chi connectivity index (χ0n) is 10.5. The highest BCUT2D eigenvalue weighted by atomic mass is 16.6. The van der Waals surface area contributed by atoms with Crippen LogP contribution in [0.3, 0.4) is 0 Å². The van der Waals surface area contributed by atoms with E-state index in [4.69, 9.17) is 4.74 Å². The van der Waals surface area contributed by atoms with Gasteiger partial charge in [-0.2, -0.15) is 0 Å². The van der Waals surface area contributed by atoms with Gasteiger partial charge in [0.05, 0.1) is 12.2 Å². The predicted octanol–water partition coefficient (Wildman–Crippen LogP) is -0.591. The van der Waals surface area contributed by atoms with Crippen molar-refractivity contribution in [2.75, 3.05) is 6.61 Å². The summed E-state index contributed by atoms with van der Waals surface area (Å²) < 4.78 is 5.48. The minimum Gasteiger partial charge on any atom is -0.394 e. The Hall–Kier alpha value is -0.200. The third-order valence-electron chi connectivity index (χ3n) is 4.34. The highest BCUT2D eigenvalue weighted by Crippen LogP contribution is 2.48. The van der Waals surface area contributed by atoms with Crippen LogP contribution in [0.5, 0.6) is 0 Å². The van der Waals surface area contributed by atoms with Gasteiger partial charge >= 0.3 is 0 Å². The summed E-state index contributed by atoms with van der Waals surface area (Å²) in [4.78, 5) is 0. The second-order valence-corrected chi connectivity index (χ2v) is 5.59. The molecule has 1 fully saturated rings. The molecule has 16 heavy (non-hydrogen) atoms. The largest absolute Gasteiger partial charge is 0.394 e. The van der Waals surface area contributed by atoms with Crippen molar-refractivity contribution in [1.82, 2.24) is 0 Å². The van der Waals surface area contributed by atoms with E-state index in [0.717, 1.165) is 0 Å². The first-order chi connectivity index (χ1) is 6.92. The molecule has 4 atom stereocenters. The predicted molar refractivity (Wildman–Crippen MR) is 57.9 cm³/mol. The topological polar surface area (TPSA) is 90.2 Å². The maximum absolute atomic E-state index is 10.4. The third-order valence-corrected chi connectivity index (χ3v) is 4.34. The molecule has 0 spiro atoms. The summed E-state index contributed by atoms with van der Waals surface area (Å²) in [5.74, 6) is 0. The Morgan fingerprint density at radius 1 is 0.938 bits per heavy atom. The van der Waals surface area contributed by atoms with Crippen LogP contribution in [0.1, 0.15) is 34.6 Å². The summed E-state index contributed by atoms with van der Waals surface area (Å²) in [7, 11) is 0. The molecule has 0 aromatic carbocycles. The monoisotopic (exact) mass is 234 g/mol. The highest BCUT2D eigenvalue weighted by Gasteiger charge is 2.68. The summed E-state index contributed by atoms with van der Waals surface area (Å²) in [5.41, 5.74) is -6.25. The van der Waals surface area contributed by atoms with Crippen LogP contribution < -0.4 is 0 Å². The smallest absolute Gasteiger partial charge is 0.124 e. The van der Waals surface area contributed by atoms with Crippen molar-refractivity contribution in [1.29, 1.82) is 0 Å². The number of aliphatic hydroxyl groups excluding tert-OH is 1. The van der Waals surface area contributed by atoms with Gasteiger partial charge in [0.25, 0.3) is 0 Å². The van der Waals surface area contributed by atoms with Gasteiger partial charge in [-0.05, 0) is 34.6 Å². The zero-order valence-corrected chi connectivity index (χ0v) is 10.5. The second-order valence-electron chi connectivity index (χ2n) is 5.59. The van der Waals surface area contributed by atoms with E-state index in [1.165, 1.54) is 20.8 Å². The molecule has 0 aromatic rings. The molecule has 1 rings (SSSR count). The van der Waals surface area contributed by atoms with Gasteiger partial charge in [-0.3, -0.25) is 0 Å². The first-order valence-electron chi connectivity index (χ1n) is 5.37. The number of hydrogen-bond donors (Lipinski definition) is 4. The van der Waals surface area contributed by atoms with Gasteiger partial charge in [0.15, 0.2) is 0 Å². The quantitative estimate of drug-likeness (QED) is 0.487. The number of hydrogen-bond acceptors (Lipinski definition) is 5. The first kappa shape index (κ1) is 13.9. The first-order valence-corrected chi connectivity index (χ1v) is 5.37. The molecule has 0 amide bonds. The number of aliphatic hydroxyl groups is 4. The fourth-order valence-electron chi connectivity index (χ4n) is 2.19. The van der Waals surface area contributed by atoms with Crippen molar-refractivity contribution in [3.05, 3.63) is 0 Å². The van der Waals surface area contributed by atoms with Crippen LogP contribution in [-0.4, -0.2) is 55.5 Å². The molecule has 5 heteroatoms. The molecule has 1 aliphatic rings. The molecule has 1 heterocycles. The van der Waals surface area contributed by atoms with E-state index >= 15 is 0 Å². The fourth-order valence-corrected chi connectivity index (χ4v) is 2.19. The number of rotatable bonds is 1. The van der Waals surface area contributed by atoms with Crippen LogP contribution in [-0.2, 0) is 4.74 Å². The van der Waals surface area contributed by atoms with Gasteiger partial charge in [0.2, 0.25) is 0 Å². The lowest BCUT2D eigenvalue weighted by Gasteiger charge is -2.61. The van der Waals surface area contributed by atoms with E-state index < -0.39 is 35.1 Å². The molecule has 4 N–H and O–H groups in total. The average molecular weight is 234 g/mol. The van der Waals surface area contributed by atoms with Crippen LogP contribution >= 0.6 is 0 Å². The Morgan fingerprint density at radius 2 is 1.38 bits per heavy atom. The third kappa shape index (κ3) is 1.43. The standard InChI is InChI=1S/C11H22O5/c1-8(2)10(4,14)11(5,15)9(3,13)7(6-12)16-8/h7,12-15H,6H2,1-5H3. The Balaban J connectivity index is 3.30. The molecule has 0 aliphatic carbocycles. The maximum Gasteiger partial charge on any atom is 0.124 e. The molecule has 0 saturated carbocycles. The van der Waals surface area contributed by atoms with Crippen molar-refractivity contribution in [3.8, 4) is 0 Å². The lowest BCUT2D eigenvalue weighted by Crippen LogP contribution is -2.80. The van der Waals surface area contributed by atoms with Crippen molar-refractivity contribution >= 4 is 0 Å².